The molecule has 228 valence electrons. The molecule has 2 amide bonds. The summed E-state index contributed by atoms with van der Waals surface area (Å²) < 4.78 is 38.8. The van der Waals surface area contributed by atoms with Gasteiger partial charge in [0.15, 0.2) is 0 Å². The Kier molecular flexibility index (Phi) is 8.00. The molecule has 1 aromatic rings. The van der Waals surface area contributed by atoms with Gasteiger partial charge in [0, 0.05) is 44.0 Å². The molecule has 2 unspecified atom stereocenters. The van der Waals surface area contributed by atoms with E-state index in [0.717, 1.165) is 44.4 Å². The first-order chi connectivity index (χ1) is 19.8. The van der Waals surface area contributed by atoms with Gasteiger partial charge in [-0.2, -0.15) is 23.4 Å². The van der Waals surface area contributed by atoms with E-state index in [4.69, 9.17) is 5.11 Å². The van der Waals surface area contributed by atoms with Crippen molar-refractivity contribution in [3.63, 3.8) is 0 Å². The smallest absolute Gasteiger partial charge is 0.417 e. The molecule has 1 aromatic heterocycles. The van der Waals surface area contributed by atoms with Gasteiger partial charge in [-0.3, -0.25) is 9.69 Å². The van der Waals surface area contributed by atoms with Crippen LogP contribution in [0.25, 0.3) is 0 Å². The number of nitriles is 1. The molecule has 5 fully saturated rings. The Morgan fingerprint density at radius 1 is 1.14 bits per heavy atom. The first-order valence-electron chi connectivity index (χ1n) is 14.3. The van der Waals surface area contributed by atoms with Crippen LogP contribution in [0.15, 0.2) is 23.3 Å². The zero-order valence-corrected chi connectivity index (χ0v) is 23.7. The highest BCUT2D eigenvalue weighted by Crippen LogP contribution is 2.55. The first kappa shape index (κ1) is 29.9. The maximum Gasteiger partial charge on any atom is 0.417 e. The lowest BCUT2D eigenvalue weighted by Gasteiger charge is -2.60. The molecule has 0 aromatic carbocycles. The zero-order chi connectivity index (χ0) is 30.3. The molecule has 4 saturated carbocycles. The maximum atomic E-state index is 12.9. The molecular formula is C28H37F3N8O3. The second kappa shape index (κ2) is 11.2. The molecule has 2 atom stereocenters. The van der Waals surface area contributed by atoms with Crippen molar-refractivity contribution in [2.45, 2.75) is 69.2 Å². The van der Waals surface area contributed by atoms with Crippen molar-refractivity contribution in [3.8, 4) is 6.19 Å². The van der Waals surface area contributed by atoms with Gasteiger partial charge in [-0.1, -0.05) is 0 Å². The number of pyridine rings is 1. The fourth-order valence-electron chi connectivity index (χ4n) is 7.79. The number of aliphatic carboxylic acids is 1. The Labute approximate surface area is 242 Å². The van der Waals surface area contributed by atoms with Gasteiger partial charge in [0.05, 0.1) is 11.1 Å². The quantitative estimate of drug-likeness (QED) is 0.216. The van der Waals surface area contributed by atoms with Crippen molar-refractivity contribution < 1.29 is 27.9 Å². The molecular weight excluding hydrogens is 553 g/mol. The minimum Gasteiger partial charge on any atom is -0.480 e. The number of nitrogens with one attached hydrogen (secondary N) is 3. The van der Waals surface area contributed by atoms with Crippen molar-refractivity contribution in [2.75, 3.05) is 37.6 Å². The SMILES string of the molecule is CC(C)(/C(=N\C#N)NC1C2CC3CC1CC(NC(=O)NCC(=O)O)(C3)C2)N1CCN(c2ccc(C(F)(F)F)cn2)CC1. The van der Waals surface area contributed by atoms with E-state index in [0.29, 0.717) is 43.8 Å². The molecule has 4 N–H and O–H groups in total. The summed E-state index contributed by atoms with van der Waals surface area (Å²) in [5, 5.41) is 27.6. The summed E-state index contributed by atoms with van der Waals surface area (Å²) >= 11 is 0. The predicted octanol–water partition coefficient (Wildman–Crippen LogP) is 2.80. The van der Waals surface area contributed by atoms with Crippen LogP contribution in [0.4, 0.5) is 23.8 Å². The third-order valence-electron chi connectivity index (χ3n) is 9.57. The van der Waals surface area contributed by atoms with Crippen molar-refractivity contribution in [2.24, 2.45) is 22.7 Å². The fraction of sp³-hybridized carbons (Fsp3) is 0.679. The second-order valence-corrected chi connectivity index (χ2v) is 12.6. The van der Waals surface area contributed by atoms with Gasteiger partial charge in [0.1, 0.15) is 18.2 Å². The number of piperazine rings is 1. The second-order valence-electron chi connectivity index (χ2n) is 12.6. The van der Waals surface area contributed by atoms with E-state index < -0.39 is 35.8 Å². The summed E-state index contributed by atoms with van der Waals surface area (Å²) in [6, 6.07) is 2.09. The number of urea groups is 1. The highest BCUT2D eigenvalue weighted by atomic mass is 19.4. The Hall–Kier alpha value is -3.60. The van der Waals surface area contributed by atoms with Crippen molar-refractivity contribution in [3.05, 3.63) is 23.9 Å². The average molecular weight is 591 g/mol. The van der Waals surface area contributed by atoms with Gasteiger partial charge in [-0.05, 0) is 75.8 Å². The number of alkyl halides is 3. The number of nitrogens with zero attached hydrogens (tertiary/aromatic N) is 5. The number of hydrogen-bond acceptors (Lipinski definition) is 7. The molecule has 14 heteroatoms. The summed E-state index contributed by atoms with van der Waals surface area (Å²) in [5.74, 6) is 1.03. The van der Waals surface area contributed by atoms with Crippen LogP contribution < -0.4 is 20.9 Å². The van der Waals surface area contributed by atoms with Gasteiger partial charge in [0.2, 0.25) is 6.19 Å². The van der Waals surface area contributed by atoms with E-state index in [-0.39, 0.29) is 23.4 Å². The van der Waals surface area contributed by atoms with Crippen molar-refractivity contribution in [1.29, 1.82) is 5.26 Å². The zero-order valence-electron chi connectivity index (χ0n) is 23.7. The highest BCUT2D eigenvalue weighted by Gasteiger charge is 2.56. The summed E-state index contributed by atoms with van der Waals surface area (Å²) in [5.41, 5.74) is -1.74. The lowest BCUT2D eigenvalue weighted by Crippen LogP contribution is -2.69. The molecule has 42 heavy (non-hydrogen) atoms. The first-order valence-corrected chi connectivity index (χ1v) is 14.3. The van der Waals surface area contributed by atoms with Crippen LogP contribution in [-0.4, -0.2) is 82.7 Å². The standard InChI is InChI=1S/C28H37F3N8O3/c1-26(2,39-7-5-38(6-8-39)21-4-3-20(14-33-21)28(29,30)31)24(35-16-32)36-23-18-9-17-10-19(23)13-27(11-17,12-18)37-25(42)34-15-22(40)41/h3-4,14,17-19,23H,5-13,15H2,1-2H3,(H,35,36)(H,40,41)(H2,34,37,42). The van der Waals surface area contributed by atoms with Crippen molar-refractivity contribution in [1.82, 2.24) is 25.8 Å². The number of anilines is 1. The number of hydrogen-bond donors (Lipinski definition) is 4. The predicted molar refractivity (Wildman–Crippen MR) is 148 cm³/mol. The number of carboxylic acids is 1. The molecule has 11 nitrogen and oxygen atoms in total. The number of amidine groups is 1. The average Bonchev–Trinajstić information content (AvgIpc) is 2.92. The van der Waals surface area contributed by atoms with E-state index >= 15 is 0 Å². The highest BCUT2D eigenvalue weighted by molar-refractivity contribution is 5.92. The van der Waals surface area contributed by atoms with Gasteiger partial charge in [0.25, 0.3) is 0 Å². The maximum absolute atomic E-state index is 12.9. The van der Waals surface area contributed by atoms with E-state index in [2.05, 4.69) is 30.8 Å². The number of rotatable bonds is 7. The Bertz CT molecular complexity index is 1240. The Morgan fingerprint density at radius 2 is 1.81 bits per heavy atom. The number of carbonyl (C=O) groups excluding carboxylic acids is 1. The van der Waals surface area contributed by atoms with Crippen LogP contribution in [0.2, 0.25) is 0 Å². The molecule has 1 saturated heterocycles. The van der Waals surface area contributed by atoms with E-state index in [1.54, 1.807) is 0 Å². The third-order valence-corrected chi connectivity index (χ3v) is 9.57. The number of aliphatic imine (C=N–C) groups is 1. The van der Waals surface area contributed by atoms with Crippen LogP contribution >= 0.6 is 0 Å². The van der Waals surface area contributed by atoms with Gasteiger partial charge < -0.3 is 26.0 Å². The summed E-state index contributed by atoms with van der Waals surface area (Å²) in [4.78, 5) is 35.7. The molecule has 4 aliphatic carbocycles. The van der Waals surface area contributed by atoms with Crippen LogP contribution in [-0.2, 0) is 11.0 Å². The molecule has 5 aliphatic rings. The number of carbonyl (C=O) groups is 2. The number of aromatic nitrogens is 1. The van der Waals surface area contributed by atoms with Crippen LogP contribution in [0.5, 0.6) is 0 Å². The third kappa shape index (κ3) is 6.11. The molecule has 0 spiro atoms. The van der Waals surface area contributed by atoms with Gasteiger partial charge >= 0.3 is 18.2 Å². The largest absolute Gasteiger partial charge is 0.480 e. The van der Waals surface area contributed by atoms with Crippen LogP contribution in [0.3, 0.4) is 0 Å². The van der Waals surface area contributed by atoms with E-state index in [1.807, 2.05) is 24.9 Å². The van der Waals surface area contributed by atoms with E-state index in [9.17, 15) is 28.0 Å². The minimum absolute atomic E-state index is 0.0996. The number of amides is 2. The number of carboxylic acid groups (broad SMARTS) is 1. The molecule has 6 rings (SSSR count). The Balaban J connectivity index is 1.22. The lowest BCUT2D eigenvalue weighted by atomic mass is 9.51. The Morgan fingerprint density at radius 3 is 2.36 bits per heavy atom. The van der Waals surface area contributed by atoms with Gasteiger partial charge in [-0.25, -0.2) is 9.78 Å². The van der Waals surface area contributed by atoms with Gasteiger partial charge in [-0.15, -0.1) is 0 Å². The van der Waals surface area contributed by atoms with E-state index in [1.165, 1.54) is 6.07 Å². The molecule has 4 bridgehead atoms. The monoisotopic (exact) mass is 590 g/mol. The topological polar surface area (TPSA) is 146 Å². The normalized spacial score (nSPS) is 29.6. The summed E-state index contributed by atoms with van der Waals surface area (Å²) in [6.45, 7) is 5.97. The molecule has 2 heterocycles. The summed E-state index contributed by atoms with van der Waals surface area (Å²) in [7, 11) is 0. The van der Waals surface area contributed by atoms with Crippen molar-refractivity contribution >= 4 is 23.7 Å². The molecule has 1 aliphatic heterocycles. The lowest BCUT2D eigenvalue weighted by molar-refractivity contribution is -0.138. The summed E-state index contributed by atoms with van der Waals surface area (Å²) in [6.07, 6.45) is 2.88. The minimum atomic E-state index is -4.43. The van der Waals surface area contributed by atoms with Crippen LogP contribution in [0.1, 0.15) is 51.5 Å². The van der Waals surface area contributed by atoms with Crippen LogP contribution in [0, 0.1) is 29.2 Å². The number of halogens is 3. The fourth-order valence-corrected chi connectivity index (χ4v) is 7.79. The molecule has 0 radical (unpaired) electrons.